The minimum Gasteiger partial charge on any atom is -0.262 e. The third kappa shape index (κ3) is 3.95. The third-order valence-corrected chi connectivity index (χ3v) is 7.49. The smallest absolute Gasteiger partial charge is 0.240 e. The number of pyridine rings is 1. The summed E-state index contributed by atoms with van der Waals surface area (Å²) in [7, 11) is 0. The van der Waals surface area contributed by atoms with Crippen molar-refractivity contribution < 1.29 is 0 Å². The van der Waals surface area contributed by atoms with E-state index >= 15 is 0 Å². The Morgan fingerprint density at radius 3 is 1.71 bits per heavy atom. The molecule has 0 atom stereocenters. The van der Waals surface area contributed by atoms with Crippen LogP contribution in [0.4, 0.5) is 17.5 Å². The van der Waals surface area contributed by atoms with Crippen LogP contribution in [0.1, 0.15) is 0 Å². The van der Waals surface area contributed by atoms with Gasteiger partial charge >= 0.3 is 0 Å². The molecule has 0 aliphatic carbocycles. The fourth-order valence-electron chi connectivity index (χ4n) is 5.59. The molecular formula is C36H23N5. The molecule has 8 rings (SSSR count). The van der Waals surface area contributed by atoms with Gasteiger partial charge in [-0.25, -0.2) is 9.97 Å². The zero-order valence-corrected chi connectivity index (χ0v) is 22.0. The number of nitrogens with zero attached hydrogens (tertiary/aromatic N) is 5. The first-order chi connectivity index (χ1) is 20.3. The molecule has 2 aromatic heterocycles. The highest BCUT2D eigenvalue weighted by molar-refractivity contribution is 6.13. The van der Waals surface area contributed by atoms with Crippen LogP contribution in [0.3, 0.4) is 0 Å². The third-order valence-electron chi connectivity index (χ3n) is 7.49. The summed E-state index contributed by atoms with van der Waals surface area (Å²) >= 11 is 0. The van der Waals surface area contributed by atoms with Crippen LogP contribution in [0.25, 0.3) is 55.8 Å². The van der Waals surface area contributed by atoms with Gasteiger partial charge in [0.15, 0.2) is 11.6 Å². The van der Waals surface area contributed by atoms with Crippen LogP contribution in [0.5, 0.6) is 0 Å². The summed E-state index contributed by atoms with van der Waals surface area (Å²) in [5.74, 6) is 2.57. The predicted molar refractivity (Wildman–Crippen MR) is 165 cm³/mol. The monoisotopic (exact) mass is 525 g/mol. The molecule has 0 saturated carbocycles. The molecule has 1 aliphatic rings. The lowest BCUT2D eigenvalue weighted by atomic mass is 9.90. The van der Waals surface area contributed by atoms with Crippen molar-refractivity contribution in [2.24, 2.45) is 0 Å². The molecule has 5 aromatic carbocycles. The molecule has 0 radical (unpaired) electrons. The van der Waals surface area contributed by atoms with E-state index in [-0.39, 0.29) is 0 Å². The summed E-state index contributed by atoms with van der Waals surface area (Å²) in [6.45, 7) is 0. The molecule has 5 heteroatoms. The Kier molecular flexibility index (Phi) is 5.38. The van der Waals surface area contributed by atoms with E-state index in [4.69, 9.17) is 19.9 Å². The maximum absolute atomic E-state index is 5.04. The van der Waals surface area contributed by atoms with Crippen LogP contribution < -0.4 is 4.90 Å². The standard InChI is InChI=1S/C36H23N5/c1-4-12-24(13-5-1)28-22-27-20-21-37-35-32(27)30(23-28)29-18-10-11-19-31(29)41(35)36-39-33(25-14-6-2-7-15-25)38-34(40-36)26-16-8-3-9-17-26/h1-23H. The van der Waals surface area contributed by atoms with Crippen molar-refractivity contribution in [3.05, 3.63) is 140 Å². The van der Waals surface area contributed by atoms with Gasteiger partial charge in [0.05, 0.1) is 5.69 Å². The summed E-state index contributed by atoms with van der Waals surface area (Å²) in [5, 5.41) is 2.19. The van der Waals surface area contributed by atoms with Crippen molar-refractivity contribution in [3.63, 3.8) is 0 Å². The van der Waals surface area contributed by atoms with Gasteiger partial charge in [-0.1, -0.05) is 109 Å². The lowest BCUT2D eigenvalue weighted by Crippen LogP contribution is -2.20. The number of hydrogen-bond acceptors (Lipinski definition) is 5. The lowest BCUT2D eigenvalue weighted by Gasteiger charge is -2.31. The van der Waals surface area contributed by atoms with Gasteiger partial charge in [-0.15, -0.1) is 0 Å². The molecule has 0 fully saturated rings. The largest absolute Gasteiger partial charge is 0.262 e. The molecule has 7 aromatic rings. The topological polar surface area (TPSA) is 54.8 Å². The second-order valence-electron chi connectivity index (χ2n) is 9.99. The highest BCUT2D eigenvalue weighted by Gasteiger charge is 2.30. The van der Waals surface area contributed by atoms with E-state index in [1.165, 1.54) is 11.1 Å². The van der Waals surface area contributed by atoms with E-state index in [1.54, 1.807) is 0 Å². The molecule has 41 heavy (non-hydrogen) atoms. The van der Waals surface area contributed by atoms with Crippen molar-refractivity contribution in [1.82, 2.24) is 19.9 Å². The van der Waals surface area contributed by atoms with Gasteiger partial charge < -0.3 is 0 Å². The van der Waals surface area contributed by atoms with E-state index in [0.29, 0.717) is 17.6 Å². The van der Waals surface area contributed by atoms with Crippen LogP contribution in [0.15, 0.2) is 140 Å². The Balaban J connectivity index is 1.41. The van der Waals surface area contributed by atoms with E-state index < -0.39 is 0 Å². The fraction of sp³-hybridized carbons (Fsp3) is 0. The van der Waals surface area contributed by atoms with Crippen LogP contribution in [-0.4, -0.2) is 19.9 Å². The summed E-state index contributed by atoms with van der Waals surface area (Å²) in [6, 6.07) is 45.6. The summed E-state index contributed by atoms with van der Waals surface area (Å²) in [4.78, 5) is 22.0. The normalized spacial score (nSPS) is 11.9. The summed E-state index contributed by atoms with van der Waals surface area (Å²) in [6.07, 6.45) is 1.87. The Bertz CT molecular complexity index is 1980. The van der Waals surface area contributed by atoms with Gasteiger partial charge in [0.2, 0.25) is 5.95 Å². The van der Waals surface area contributed by atoms with Crippen LogP contribution in [0.2, 0.25) is 0 Å². The fourth-order valence-corrected chi connectivity index (χ4v) is 5.59. The van der Waals surface area contributed by atoms with Crippen molar-refractivity contribution in [3.8, 4) is 45.0 Å². The minimum absolute atomic E-state index is 0.531. The van der Waals surface area contributed by atoms with Gasteiger partial charge in [-0.3, -0.25) is 4.90 Å². The Morgan fingerprint density at radius 1 is 0.463 bits per heavy atom. The number of rotatable bonds is 4. The molecule has 3 heterocycles. The highest BCUT2D eigenvalue weighted by Crippen LogP contribution is 2.50. The van der Waals surface area contributed by atoms with Crippen molar-refractivity contribution in [2.45, 2.75) is 0 Å². The van der Waals surface area contributed by atoms with Crippen molar-refractivity contribution in [1.29, 1.82) is 0 Å². The quantitative estimate of drug-likeness (QED) is 0.230. The van der Waals surface area contributed by atoms with Crippen LogP contribution in [-0.2, 0) is 0 Å². The number of para-hydroxylation sites is 1. The summed E-state index contributed by atoms with van der Waals surface area (Å²) < 4.78 is 0. The second-order valence-corrected chi connectivity index (χ2v) is 9.99. The number of hydrogen-bond donors (Lipinski definition) is 0. The maximum atomic E-state index is 5.04. The van der Waals surface area contributed by atoms with Gasteiger partial charge in [0, 0.05) is 28.3 Å². The molecule has 0 bridgehead atoms. The van der Waals surface area contributed by atoms with Crippen LogP contribution >= 0.6 is 0 Å². The minimum atomic E-state index is 0.531. The zero-order chi connectivity index (χ0) is 27.2. The average molecular weight is 526 g/mol. The van der Waals surface area contributed by atoms with E-state index in [0.717, 1.165) is 44.5 Å². The molecule has 0 amide bonds. The van der Waals surface area contributed by atoms with Crippen molar-refractivity contribution >= 4 is 28.2 Å². The number of benzene rings is 5. The van der Waals surface area contributed by atoms with E-state index in [1.807, 2.05) is 72.9 Å². The molecule has 1 aliphatic heterocycles. The van der Waals surface area contributed by atoms with Crippen molar-refractivity contribution in [2.75, 3.05) is 4.90 Å². The molecule has 0 spiro atoms. The second kappa shape index (κ2) is 9.50. The first-order valence-electron chi connectivity index (χ1n) is 13.6. The van der Waals surface area contributed by atoms with Gasteiger partial charge in [0.25, 0.3) is 0 Å². The molecular weight excluding hydrogens is 502 g/mol. The number of fused-ring (bicyclic) bond motifs is 2. The lowest BCUT2D eigenvalue weighted by molar-refractivity contribution is 1.01. The van der Waals surface area contributed by atoms with Crippen LogP contribution in [0, 0.1) is 0 Å². The van der Waals surface area contributed by atoms with Gasteiger partial charge in [-0.2, -0.15) is 9.97 Å². The predicted octanol–water partition coefficient (Wildman–Crippen LogP) is 8.87. The molecule has 5 nitrogen and oxygen atoms in total. The molecule has 192 valence electrons. The summed E-state index contributed by atoms with van der Waals surface area (Å²) in [5.41, 5.74) is 7.45. The molecule has 0 saturated heterocycles. The first-order valence-corrected chi connectivity index (χ1v) is 13.6. The maximum Gasteiger partial charge on any atom is 0.240 e. The highest BCUT2D eigenvalue weighted by atomic mass is 15.3. The Labute approximate surface area is 237 Å². The van der Waals surface area contributed by atoms with E-state index in [9.17, 15) is 0 Å². The molecule has 0 N–H and O–H groups in total. The van der Waals surface area contributed by atoms with E-state index in [2.05, 4.69) is 71.6 Å². The average Bonchev–Trinajstić information content (AvgIpc) is 3.06. The van der Waals surface area contributed by atoms with Gasteiger partial charge in [0.1, 0.15) is 5.82 Å². The Hall–Kier alpha value is -5.68. The SMILES string of the molecule is c1ccc(-c2cc3c4c(nccc4c2)N(c2nc(-c4ccccc4)nc(-c4ccccc4)n2)c2ccccc2-3)cc1. The van der Waals surface area contributed by atoms with Gasteiger partial charge in [-0.05, 0) is 46.3 Å². The first kappa shape index (κ1) is 23.2. The molecule has 0 unspecified atom stereocenters. The zero-order valence-electron chi connectivity index (χ0n) is 22.0. The Morgan fingerprint density at radius 2 is 1.05 bits per heavy atom. The number of aromatic nitrogens is 4. The number of anilines is 3.